The van der Waals surface area contributed by atoms with E-state index in [0.29, 0.717) is 29.6 Å². The van der Waals surface area contributed by atoms with Gasteiger partial charge in [0.2, 0.25) is 0 Å². The van der Waals surface area contributed by atoms with E-state index >= 15 is 0 Å². The van der Waals surface area contributed by atoms with Crippen LogP contribution in [0.25, 0.3) is 6.08 Å². The van der Waals surface area contributed by atoms with Crippen LogP contribution in [0.4, 0.5) is 0 Å². The predicted octanol–water partition coefficient (Wildman–Crippen LogP) is 3.16. The van der Waals surface area contributed by atoms with E-state index in [1.807, 2.05) is 13.8 Å². The number of rotatable bonds is 7. The summed E-state index contributed by atoms with van der Waals surface area (Å²) in [6.45, 7) is 6.20. The normalized spacial score (nSPS) is 17.1. The quantitative estimate of drug-likeness (QED) is 0.574. The minimum Gasteiger partial charge on any atom is -0.490 e. The lowest BCUT2D eigenvalue weighted by molar-refractivity contribution is -0.144. The Hall–Kier alpha value is -2.06. The highest BCUT2D eigenvalue weighted by atomic mass is 32.2. The second kappa shape index (κ2) is 8.35. The molecule has 8 heteroatoms. The molecule has 1 aromatic carbocycles. The van der Waals surface area contributed by atoms with Crippen LogP contribution in [0.1, 0.15) is 26.3 Å². The van der Waals surface area contributed by atoms with Crippen molar-refractivity contribution in [2.75, 3.05) is 13.2 Å². The summed E-state index contributed by atoms with van der Waals surface area (Å²) < 4.78 is 11.3. The van der Waals surface area contributed by atoms with Gasteiger partial charge in [-0.2, -0.15) is 0 Å². The smallest absolute Gasteiger partial charge is 0.326 e. The van der Waals surface area contributed by atoms with Crippen LogP contribution < -0.4 is 9.47 Å². The molecule has 2 rings (SSSR count). The van der Waals surface area contributed by atoms with Gasteiger partial charge in [0.15, 0.2) is 11.5 Å². The number of thioether (sulfide) groups is 1. The molecular formula is C17H19NO5S2. The number of benzene rings is 1. The van der Waals surface area contributed by atoms with E-state index in [0.717, 1.165) is 22.2 Å². The first-order chi connectivity index (χ1) is 11.9. The Labute approximate surface area is 155 Å². The minimum atomic E-state index is -1.10. The molecule has 1 heterocycles. The monoisotopic (exact) mass is 381 g/mol. The summed E-state index contributed by atoms with van der Waals surface area (Å²) in [6, 6.07) is 4.36. The highest BCUT2D eigenvalue weighted by Crippen LogP contribution is 2.35. The maximum absolute atomic E-state index is 12.5. The molecule has 1 atom stereocenters. The van der Waals surface area contributed by atoms with E-state index in [9.17, 15) is 9.59 Å². The summed E-state index contributed by atoms with van der Waals surface area (Å²) in [5, 5.41) is 9.12. The summed E-state index contributed by atoms with van der Waals surface area (Å²) in [5.41, 5.74) is 0.746. The van der Waals surface area contributed by atoms with Crippen LogP contribution in [0.2, 0.25) is 0 Å². The van der Waals surface area contributed by atoms with Gasteiger partial charge in [-0.05, 0) is 44.5 Å². The van der Waals surface area contributed by atoms with Gasteiger partial charge in [0.05, 0.1) is 18.1 Å². The van der Waals surface area contributed by atoms with E-state index in [1.165, 1.54) is 6.92 Å². The summed E-state index contributed by atoms with van der Waals surface area (Å²) in [7, 11) is 0. The number of thiocarbonyl (C=S) groups is 1. The molecule has 6 nitrogen and oxygen atoms in total. The Morgan fingerprint density at radius 2 is 1.96 bits per heavy atom. The van der Waals surface area contributed by atoms with Crippen molar-refractivity contribution in [3.05, 3.63) is 28.7 Å². The lowest BCUT2D eigenvalue weighted by Gasteiger charge is -2.18. The lowest BCUT2D eigenvalue weighted by Crippen LogP contribution is -2.41. The molecule has 0 radical (unpaired) electrons. The van der Waals surface area contributed by atoms with Gasteiger partial charge in [0.25, 0.3) is 5.91 Å². The molecule has 0 saturated carbocycles. The van der Waals surface area contributed by atoms with Crippen LogP contribution in [0.15, 0.2) is 23.1 Å². The Bertz CT molecular complexity index is 732. The van der Waals surface area contributed by atoms with Gasteiger partial charge in [-0.15, -0.1) is 0 Å². The highest BCUT2D eigenvalue weighted by molar-refractivity contribution is 8.26. The van der Waals surface area contributed by atoms with Crippen LogP contribution in [0, 0.1) is 0 Å². The fourth-order valence-corrected chi connectivity index (χ4v) is 3.65. The molecule has 1 aliphatic heterocycles. The van der Waals surface area contributed by atoms with Crippen molar-refractivity contribution in [3.63, 3.8) is 0 Å². The average molecular weight is 381 g/mol. The zero-order valence-corrected chi connectivity index (χ0v) is 15.8. The first-order valence-electron chi connectivity index (χ1n) is 7.78. The highest BCUT2D eigenvalue weighted by Gasteiger charge is 2.38. The first kappa shape index (κ1) is 19.3. The molecule has 1 N–H and O–H groups in total. The maximum Gasteiger partial charge on any atom is 0.326 e. The topological polar surface area (TPSA) is 76.1 Å². The van der Waals surface area contributed by atoms with Gasteiger partial charge in [-0.3, -0.25) is 9.69 Å². The molecule has 1 aliphatic rings. The molecule has 0 bridgehead atoms. The van der Waals surface area contributed by atoms with E-state index < -0.39 is 17.9 Å². The van der Waals surface area contributed by atoms with Gasteiger partial charge >= 0.3 is 5.97 Å². The number of carboxylic acid groups (broad SMARTS) is 1. The number of ether oxygens (including phenoxy) is 2. The number of nitrogens with zero attached hydrogens (tertiary/aromatic N) is 1. The molecular weight excluding hydrogens is 362 g/mol. The van der Waals surface area contributed by atoms with Crippen molar-refractivity contribution in [2.24, 2.45) is 0 Å². The third-order valence-electron chi connectivity index (χ3n) is 3.43. The van der Waals surface area contributed by atoms with Crippen molar-refractivity contribution in [3.8, 4) is 11.5 Å². The van der Waals surface area contributed by atoms with Crippen LogP contribution in [-0.2, 0) is 9.59 Å². The van der Waals surface area contributed by atoms with Gasteiger partial charge in [-0.1, -0.05) is 30.0 Å². The SMILES string of the molecule is CCOc1ccc(C=C2SC(=S)N(C(C)C(=O)O)C2=O)cc1OCC. The standard InChI is InChI=1S/C17H19NO5S2/c1-4-22-12-7-6-11(8-13(12)23-5-2)9-14-15(19)18(17(24)25-14)10(3)16(20)21/h6-10H,4-5H2,1-3H3,(H,20,21). The minimum absolute atomic E-state index is 0.238. The van der Waals surface area contributed by atoms with Gasteiger partial charge in [0.1, 0.15) is 10.4 Å². The molecule has 1 fully saturated rings. The molecule has 1 aromatic rings. The van der Waals surface area contributed by atoms with Crippen LogP contribution in [-0.4, -0.2) is 45.5 Å². The number of aliphatic carboxylic acids is 1. The molecule has 0 spiro atoms. The van der Waals surface area contributed by atoms with Crippen LogP contribution in [0.3, 0.4) is 0 Å². The largest absolute Gasteiger partial charge is 0.490 e. The molecule has 0 aliphatic carbocycles. The lowest BCUT2D eigenvalue weighted by atomic mass is 10.1. The molecule has 1 saturated heterocycles. The zero-order valence-electron chi connectivity index (χ0n) is 14.1. The summed E-state index contributed by atoms with van der Waals surface area (Å²) in [4.78, 5) is 25.1. The summed E-state index contributed by atoms with van der Waals surface area (Å²) >= 11 is 6.24. The van der Waals surface area contributed by atoms with Gasteiger partial charge in [0, 0.05) is 0 Å². The first-order valence-corrected chi connectivity index (χ1v) is 9.01. The molecule has 0 aromatic heterocycles. The molecule has 1 amide bonds. The number of carbonyl (C=O) groups excluding carboxylic acids is 1. The molecule has 1 unspecified atom stereocenters. The van der Waals surface area contributed by atoms with Crippen LogP contribution in [0.5, 0.6) is 11.5 Å². The number of carboxylic acids is 1. The number of hydrogen-bond acceptors (Lipinski definition) is 6. The van der Waals surface area contributed by atoms with Crippen molar-refractivity contribution in [1.82, 2.24) is 4.90 Å². The van der Waals surface area contributed by atoms with Gasteiger partial charge in [-0.25, -0.2) is 4.79 Å². The van der Waals surface area contributed by atoms with Crippen molar-refractivity contribution < 1.29 is 24.2 Å². The Kier molecular flexibility index (Phi) is 6.44. The summed E-state index contributed by atoms with van der Waals surface area (Å²) in [5.74, 6) is -0.282. The van der Waals surface area contributed by atoms with Crippen LogP contribution >= 0.6 is 24.0 Å². The van der Waals surface area contributed by atoms with E-state index in [2.05, 4.69) is 0 Å². The Morgan fingerprint density at radius 1 is 1.32 bits per heavy atom. The second-order valence-corrected chi connectivity index (χ2v) is 6.81. The number of hydrogen-bond donors (Lipinski definition) is 1. The Balaban J connectivity index is 2.31. The zero-order chi connectivity index (χ0) is 18.6. The fraction of sp³-hybridized carbons (Fsp3) is 0.353. The maximum atomic E-state index is 12.5. The van der Waals surface area contributed by atoms with E-state index in [-0.39, 0.29) is 4.32 Å². The summed E-state index contributed by atoms with van der Waals surface area (Å²) in [6.07, 6.45) is 1.67. The van der Waals surface area contributed by atoms with Crippen molar-refractivity contribution in [2.45, 2.75) is 26.8 Å². The van der Waals surface area contributed by atoms with E-state index in [1.54, 1.807) is 24.3 Å². The number of carbonyl (C=O) groups is 2. The molecule has 134 valence electrons. The third kappa shape index (κ3) is 4.32. The van der Waals surface area contributed by atoms with Gasteiger partial charge < -0.3 is 14.6 Å². The van der Waals surface area contributed by atoms with E-state index in [4.69, 9.17) is 26.8 Å². The second-order valence-electron chi connectivity index (χ2n) is 5.14. The Morgan fingerprint density at radius 3 is 2.56 bits per heavy atom. The van der Waals surface area contributed by atoms with Crippen molar-refractivity contribution >= 4 is 46.3 Å². The fourth-order valence-electron chi connectivity index (χ4n) is 2.23. The van der Waals surface area contributed by atoms with Crippen molar-refractivity contribution in [1.29, 1.82) is 0 Å². The predicted molar refractivity (Wildman–Crippen MR) is 101 cm³/mol. The number of amides is 1. The molecule has 25 heavy (non-hydrogen) atoms. The average Bonchev–Trinajstić information content (AvgIpc) is 2.83. The third-order valence-corrected chi connectivity index (χ3v) is 4.76.